The first kappa shape index (κ1) is 17.4. The molecule has 3 aromatic rings. The van der Waals surface area contributed by atoms with Gasteiger partial charge in [0, 0.05) is 6.92 Å². The minimum absolute atomic E-state index is 0.109. The van der Waals surface area contributed by atoms with Gasteiger partial charge < -0.3 is 9.26 Å². The SMILES string of the molecule is CCSc1nnc(NC(=O)c2ccccc2OCc2noc(C)n2)s1. The summed E-state index contributed by atoms with van der Waals surface area (Å²) in [6.45, 7) is 3.84. The highest BCUT2D eigenvalue weighted by molar-refractivity contribution is 8.01. The van der Waals surface area contributed by atoms with Crippen LogP contribution in [0.2, 0.25) is 0 Å². The highest BCUT2D eigenvalue weighted by Gasteiger charge is 2.15. The Balaban J connectivity index is 1.69. The Morgan fingerprint density at radius 3 is 2.96 bits per heavy atom. The second kappa shape index (κ2) is 8.08. The summed E-state index contributed by atoms with van der Waals surface area (Å²) in [4.78, 5) is 16.6. The molecule has 0 unspecified atom stereocenters. The van der Waals surface area contributed by atoms with Crippen molar-refractivity contribution < 1.29 is 14.1 Å². The minimum Gasteiger partial charge on any atom is -0.485 e. The van der Waals surface area contributed by atoms with E-state index in [0.717, 1.165) is 10.1 Å². The van der Waals surface area contributed by atoms with E-state index in [2.05, 4.69) is 25.7 Å². The largest absolute Gasteiger partial charge is 0.485 e. The fourth-order valence-electron chi connectivity index (χ4n) is 1.93. The van der Waals surface area contributed by atoms with Gasteiger partial charge in [-0.25, -0.2) is 0 Å². The van der Waals surface area contributed by atoms with Crippen LogP contribution in [0.4, 0.5) is 5.13 Å². The summed E-state index contributed by atoms with van der Waals surface area (Å²) < 4.78 is 11.4. The van der Waals surface area contributed by atoms with Gasteiger partial charge in [0.1, 0.15) is 5.75 Å². The zero-order valence-electron chi connectivity index (χ0n) is 13.6. The highest BCUT2D eigenvalue weighted by atomic mass is 32.2. The van der Waals surface area contributed by atoms with E-state index in [1.54, 1.807) is 43.0 Å². The van der Waals surface area contributed by atoms with Crippen LogP contribution < -0.4 is 10.1 Å². The number of rotatable bonds is 7. The maximum absolute atomic E-state index is 12.5. The summed E-state index contributed by atoms with van der Waals surface area (Å²) in [5, 5.41) is 14.9. The Hall–Kier alpha value is -2.46. The van der Waals surface area contributed by atoms with Gasteiger partial charge in [0.25, 0.3) is 5.91 Å². The minimum atomic E-state index is -0.316. The van der Waals surface area contributed by atoms with E-state index in [4.69, 9.17) is 9.26 Å². The summed E-state index contributed by atoms with van der Waals surface area (Å²) >= 11 is 2.91. The summed E-state index contributed by atoms with van der Waals surface area (Å²) in [6.07, 6.45) is 0. The number of carbonyl (C=O) groups is 1. The molecule has 2 aromatic heterocycles. The molecule has 0 saturated heterocycles. The fraction of sp³-hybridized carbons (Fsp3) is 0.267. The number of aromatic nitrogens is 4. The molecular weight excluding hydrogens is 362 g/mol. The number of carbonyl (C=O) groups excluding carboxylic acids is 1. The van der Waals surface area contributed by atoms with Gasteiger partial charge in [0.2, 0.25) is 16.8 Å². The third-order valence-corrected chi connectivity index (χ3v) is 4.81. The van der Waals surface area contributed by atoms with Crippen molar-refractivity contribution in [2.75, 3.05) is 11.1 Å². The molecule has 0 saturated carbocycles. The lowest BCUT2D eigenvalue weighted by atomic mass is 10.2. The monoisotopic (exact) mass is 377 g/mol. The molecule has 0 fully saturated rings. The number of para-hydroxylation sites is 1. The molecule has 8 nitrogen and oxygen atoms in total. The zero-order chi connectivity index (χ0) is 17.6. The molecule has 25 heavy (non-hydrogen) atoms. The van der Waals surface area contributed by atoms with E-state index in [-0.39, 0.29) is 12.5 Å². The topological polar surface area (TPSA) is 103 Å². The van der Waals surface area contributed by atoms with E-state index < -0.39 is 0 Å². The van der Waals surface area contributed by atoms with Gasteiger partial charge in [-0.2, -0.15) is 4.98 Å². The van der Waals surface area contributed by atoms with E-state index in [9.17, 15) is 4.79 Å². The van der Waals surface area contributed by atoms with Crippen LogP contribution in [-0.2, 0) is 6.61 Å². The van der Waals surface area contributed by atoms with Crippen molar-refractivity contribution >= 4 is 34.1 Å². The molecule has 2 heterocycles. The zero-order valence-corrected chi connectivity index (χ0v) is 15.2. The number of anilines is 1. The van der Waals surface area contributed by atoms with Gasteiger partial charge in [-0.3, -0.25) is 10.1 Å². The van der Waals surface area contributed by atoms with Crippen LogP contribution in [0, 0.1) is 6.92 Å². The Bertz CT molecular complexity index is 864. The molecule has 1 amide bonds. The van der Waals surface area contributed by atoms with E-state index in [1.807, 2.05) is 6.92 Å². The number of hydrogen-bond acceptors (Lipinski definition) is 9. The number of thioether (sulfide) groups is 1. The third kappa shape index (κ3) is 4.54. The first-order valence-electron chi connectivity index (χ1n) is 7.44. The van der Waals surface area contributed by atoms with Crippen molar-refractivity contribution in [1.29, 1.82) is 0 Å². The maximum atomic E-state index is 12.5. The average molecular weight is 377 g/mol. The van der Waals surface area contributed by atoms with Crippen molar-refractivity contribution in [2.24, 2.45) is 0 Å². The van der Waals surface area contributed by atoms with Crippen LogP contribution in [0.5, 0.6) is 5.75 Å². The summed E-state index contributed by atoms with van der Waals surface area (Å²) in [5.74, 6) is 1.88. The Morgan fingerprint density at radius 2 is 2.20 bits per heavy atom. The quantitative estimate of drug-likeness (QED) is 0.495. The summed E-state index contributed by atoms with van der Waals surface area (Å²) in [7, 11) is 0. The fourth-order valence-corrected chi connectivity index (χ4v) is 3.57. The second-order valence-electron chi connectivity index (χ2n) is 4.77. The van der Waals surface area contributed by atoms with Gasteiger partial charge >= 0.3 is 0 Å². The number of hydrogen-bond donors (Lipinski definition) is 1. The molecule has 0 bridgehead atoms. The molecule has 130 valence electrons. The predicted octanol–water partition coefficient (Wildman–Crippen LogP) is 3.17. The average Bonchev–Trinajstić information content (AvgIpc) is 3.22. The third-order valence-electron chi connectivity index (χ3n) is 2.95. The van der Waals surface area contributed by atoms with Crippen molar-refractivity contribution in [2.45, 2.75) is 24.8 Å². The molecule has 0 atom stereocenters. The number of ether oxygens (including phenoxy) is 1. The van der Waals surface area contributed by atoms with Gasteiger partial charge in [0.05, 0.1) is 5.56 Å². The Morgan fingerprint density at radius 1 is 1.36 bits per heavy atom. The molecule has 0 aliphatic heterocycles. The van der Waals surface area contributed by atoms with Crippen LogP contribution in [0.15, 0.2) is 33.1 Å². The molecular formula is C15H15N5O3S2. The van der Waals surface area contributed by atoms with Crippen molar-refractivity contribution in [1.82, 2.24) is 20.3 Å². The van der Waals surface area contributed by atoms with Crippen molar-refractivity contribution in [3.05, 3.63) is 41.5 Å². The molecule has 0 aliphatic carbocycles. The lowest BCUT2D eigenvalue weighted by Crippen LogP contribution is -2.13. The Labute approximate surface area is 152 Å². The van der Waals surface area contributed by atoms with E-state index in [1.165, 1.54) is 11.3 Å². The van der Waals surface area contributed by atoms with Crippen LogP contribution in [-0.4, -0.2) is 32.0 Å². The highest BCUT2D eigenvalue weighted by Crippen LogP contribution is 2.26. The van der Waals surface area contributed by atoms with Crippen LogP contribution in [0.3, 0.4) is 0 Å². The number of aryl methyl sites for hydroxylation is 1. The maximum Gasteiger partial charge on any atom is 0.261 e. The molecule has 0 radical (unpaired) electrons. The van der Waals surface area contributed by atoms with Crippen LogP contribution in [0.25, 0.3) is 0 Å². The number of benzene rings is 1. The smallest absolute Gasteiger partial charge is 0.261 e. The van der Waals surface area contributed by atoms with E-state index >= 15 is 0 Å². The number of nitrogens with one attached hydrogen (secondary N) is 1. The number of nitrogens with zero attached hydrogens (tertiary/aromatic N) is 4. The first-order valence-corrected chi connectivity index (χ1v) is 9.24. The molecule has 1 N–H and O–H groups in total. The summed E-state index contributed by atoms with van der Waals surface area (Å²) in [5.41, 5.74) is 0.391. The van der Waals surface area contributed by atoms with Gasteiger partial charge in [-0.1, -0.05) is 47.3 Å². The molecule has 3 rings (SSSR count). The predicted molar refractivity (Wildman–Crippen MR) is 94.1 cm³/mol. The summed E-state index contributed by atoms with van der Waals surface area (Å²) in [6, 6.07) is 6.93. The van der Waals surface area contributed by atoms with Gasteiger partial charge in [-0.05, 0) is 17.9 Å². The molecule has 0 spiro atoms. The normalized spacial score (nSPS) is 10.6. The van der Waals surface area contributed by atoms with Crippen molar-refractivity contribution in [3.8, 4) is 5.75 Å². The van der Waals surface area contributed by atoms with Crippen molar-refractivity contribution in [3.63, 3.8) is 0 Å². The lowest BCUT2D eigenvalue weighted by molar-refractivity contribution is 0.102. The number of amides is 1. The second-order valence-corrected chi connectivity index (χ2v) is 7.26. The van der Waals surface area contributed by atoms with Crippen LogP contribution in [0.1, 0.15) is 29.0 Å². The lowest BCUT2D eigenvalue weighted by Gasteiger charge is -2.09. The molecule has 0 aliphatic rings. The molecule has 10 heteroatoms. The van der Waals surface area contributed by atoms with E-state index in [0.29, 0.717) is 28.2 Å². The Kier molecular flexibility index (Phi) is 5.61. The first-order chi connectivity index (χ1) is 12.2. The van der Waals surface area contributed by atoms with Gasteiger partial charge in [-0.15, -0.1) is 10.2 Å². The molecule has 1 aromatic carbocycles. The van der Waals surface area contributed by atoms with Crippen LogP contribution >= 0.6 is 23.1 Å². The van der Waals surface area contributed by atoms with Gasteiger partial charge in [0.15, 0.2) is 10.9 Å². The standard InChI is InChI=1S/C15H15N5O3S2/c1-3-24-15-19-18-14(25-15)17-13(21)10-6-4-5-7-11(10)22-8-12-16-9(2)23-20-12/h4-7H,3,8H2,1-2H3,(H,17,18,21).